The molecule has 1 heterocycles. The standard InChI is InChI=1S/C14H17NOS/c1-2-3-5-10-12-15-14(16)13(17-12)11-8-6-4-7-9-11/h4,6-9,16H,2-3,5,10H2,1H3. The van der Waals surface area contributed by atoms with Crippen LogP contribution in [0.1, 0.15) is 31.2 Å². The molecule has 1 aromatic heterocycles. The van der Waals surface area contributed by atoms with Gasteiger partial charge in [0.2, 0.25) is 5.88 Å². The van der Waals surface area contributed by atoms with E-state index in [9.17, 15) is 5.11 Å². The molecule has 0 aliphatic rings. The zero-order chi connectivity index (χ0) is 12.1. The van der Waals surface area contributed by atoms with Gasteiger partial charge in [0.05, 0.1) is 9.88 Å². The zero-order valence-corrected chi connectivity index (χ0v) is 10.8. The van der Waals surface area contributed by atoms with Crippen LogP contribution in [0.5, 0.6) is 5.88 Å². The first-order chi connectivity index (χ1) is 8.31. The van der Waals surface area contributed by atoms with Gasteiger partial charge >= 0.3 is 0 Å². The third-order valence-electron chi connectivity index (χ3n) is 2.68. The lowest BCUT2D eigenvalue weighted by atomic mass is 10.2. The van der Waals surface area contributed by atoms with Crippen LogP contribution in [0.25, 0.3) is 10.4 Å². The summed E-state index contributed by atoms with van der Waals surface area (Å²) in [5, 5.41) is 10.9. The summed E-state index contributed by atoms with van der Waals surface area (Å²) in [5.41, 5.74) is 1.05. The number of hydrogen-bond donors (Lipinski definition) is 1. The Morgan fingerprint density at radius 1 is 1.18 bits per heavy atom. The van der Waals surface area contributed by atoms with Crippen LogP contribution in [-0.4, -0.2) is 10.1 Å². The van der Waals surface area contributed by atoms with Crippen LogP contribution in [0.15, 0.2) is 30.3 Å². The fourth-order valence-electron chi connectivity index (χ4n) is 1.77. The Morgan fingerprint density at radius 2 is 1.94 bits per heavy atom. The van der Waals surface area contributed by atoms with Crippen molar-refractivity contribution < 1.29 is 5.11 Å². The molecule has 0 aliphatic heterocycles. The molecule has 2 aromatic rings. The maximum atomic E-state index is 9.84. The SMILES string of the molecule is CCCCCc1nc(O)c(-c2ccccc2)s1. The third-order valence-corrected chi connectivity index (χ3v) is 3.84. The van der Waals surface area contributed by atoms with Gasteiger partial charge in [0.25, 0.3) is 0 Å². The molecule has 0 atom stereocenters. The molecule has 0 amide bonds. The first-order valence-electron chi connectivity index (χ1n) is 6.05. The molecule has 1 aromatic carbocycles. The highest BCUT2D eigenvalue weighted by molar-refractivity contribution is 7.15. The Hall–Kier alpha value is -1.35. The first kappa shape index (κ1) is 12.1. The summed E-state index contributed by atoms with van der Waals surface area (Å²) in [6.07, 6.45) is 4.56. The van der Waals surface area contributed by atoms with Crippen LogP contribution in [0.4, 0.5) is 0 Å². The number of thiazole rings is 1. The van der Waals surface area contributed by atoms with Crippen LogP contribution >= 0.6 is 11.3 Å². The zero-order valence-electron chi connectivity index (χ0n) is 10.0. The van der Waals surface area contributed by atoms with E-state index in [2.05, 4.69) is 11.9 Å². The molecule has 0 unspecified atom stereocenters. The van der Waals surface area contributed by atoms with Gasteiger partial charge in [-0.2, -0.15) is 0 Å². The van der Waals surface area contributed by atoms with Gasteiger partial charge in [-0.3, -0.25) is 0 Å². The molecule has 0 saturated carbocycles. The second-order valence-corrected chi connectivity index (χ2v) is 5.17. The lowest BCUT2D eigenvalue weighted by Crippen LogP contribution is -1.82. The largest absolute Gasteiger partial charge is 0.492 e. The van der Waals surface area contributed by atoms with Gasteiger partial charge in [0.1, 0.15) is 0 Å². The molecule has 0 spiro atoms. The molecule has 17 heavy (non-hydrogen) atoms. The van der Waals surface area contributed by atoms with Crippen molar-refractivity contribution in [1.82, 2.24) is 4.98 Å². The van der Waals surface area contributed by atoms with Crippen LogP contribution in [0, 0.1) is 0 Å². The van der Waals surface area contributed by atoms with E-state index in [-0.39, 0.29) is 5.88 Å². The highest BCUT2D eigenvalue weighted by Crippen LogP contribution is 2.35. The van der Waals surface area contributed by atoms with E-state index in [0.29, 0.717) is 0 Å². The average Bonchev–Trinajstić information content (AvgIpc) is 2.72. The van der Waals surface area contributed by atoms with Gasteiger partial charge in [-0.1, -0.05) is 50.1 Å². The van der Waals surface area contributed by atoms with E-state index in [0.717, 1.165) is 28.3 Å². The Balaban J connectivity index is 2.14. The molecular formula is C14H17NOS. The molecule has 0 bridgehead atoms. The maximum absolute atomic E-state index is 9.84. The summed E-state index contributed by atoms with van der Waals surface area (Å²) in [7, 11) is 0. The molecular weight excluding hydrogens is 230 g/mol. The van der Waals surface area contributed by atoms with Crippen molar-refractivity contribution in [3.8, 4) is 16.3 Å². The fourth-order valence-corrected chi connectivity index (χ4v) is 2.77. The Kier molecular flexibility index (Phi) is 4.15. The minimum absolute atomic E-state index is 0.174. The summed E-state index contributed by atoms with van der Waals surface area (Å²) in [5.74, 6) is 0.174. The minimum Gasteiger partial charge on any atom is -0.492 e. The van der Waals surface area contributed by atoms with Crippen molar-refractivity contribution in [3.63, 3.8) is 0 Å². The minimum atomic E-state index is 0.174. The van der Waals surface area contributed by atoms with E-state index in [1.54, 1.807) is 11.3 Å². The van der Waals surface area contributed by atoms with Crippen LogP contribution in [0.2, 0.25) is 0 Å². The summed E-state index contributed by atoms with van der Waals surface area (Å²) in [6, 6.07) is 9.94. The first-order valence-corrected chi connectivity index (χ1v) is 6.87. The maximum Gasteiger partial charge on any atom is 0.230 e. The summed E-state index contributed by atoms with van der Waals surface area (Å²) >= 11 is 1.60. The van der Waals surface area contributed by atoms with Crippen molar-refractivity contribution in [2.75, 3.05) is 0 Å². The van der Waals surface area contributed by atoms with E-state index < -0.39 is 0 Å². The van der Waals surface area contributed by atoms with E-state index in [4.69, 9.17) is 0 Å². The quantitative estimate of drug-likeness (QED) is 0.801. The van der Waals surface area contributed by atoms with Crippen LogP contribution < -0.4 is 0 Å². The van der Waals surface area contributed by atoms with Gasteiger partial charge in [-0.25, -0.2) is 4.98 Å². The Labute approximate surface area is 106 Å². The van der Waals surface area contributed by atoms with Gasteiger partial charge in [0, 0.05) is 0 Å². The number of nitrogens with zero attached hydrogens (tertiary/aromatic N) is 1. The normalized spacial score (nSPS) is 10.6. The predicted octanol–water partition coefficient (Wildman–Crippen LogP) is 4.25. The number of aromatic nitrogens is 1. The Bertz CT molecular complexity index is 464. The lowest BCUT2D eigenvalue weighted by Gasteiger charge is -1.95. The molecule has 3 heteroatoms. The molecule has 0 aliphatic carbocycles. The number of hydrogen-bond acceptors (Lipinski definition) is 3. The third kappa shape index (κ3) is 3.07. The summed E-state index contributed by atoms with van der Waals surface area (Å²) < 4.78 is 0. The van der Waals surface area contributed by atoms with Crippen molar-refractivity contribution in [2.24, 2.45) is 0 Å². The number of unbranched alkanes of at least 4 members (excludes halogenated alkanes) is 2. The molecule has 0 saturated heterocycles. The van der Waals surface area contributed by atoms with Crippen molar-refractivity contribution >= 4 is 11.3 Å². The molecule has 90 valence electrons. The summed E-state index contributed by atoms with van der Waals surface area (Å²) in [6.45, 7) is 2.19. The van der Waals surface area contributed by atoms with E-state index >= 15 is 0 Å². The predicted molar refractivity (Wildman–Crippen MR) is 72.4 cm³/mol. The number of aromatic hydroxyl groups is 1. The number of rotatable bonds is 5. The number of aryl methyl sites for hydroxylation is 1. The monoisotopic (exact) mass is 247 g/mol. The highest BCUT2D eigenvalue weighted by Gasteiger charge is 2.11. The molecule has 2 nitrogen and oxygen atoms in total. The highest BCUT2D eigenvalue weighted by atomic mass is 32.1. The van der Waals surface area contributed by atoms with Gasteiger partial charge in [-0.05, 0) is 18.4 Å². The number of benzene rings is 1. The molecule has 0 fully saturated rings. The van der Waals surface area contributed by atoms with Crippen molar-refractivity contribution in [2.45, 2.75) is 32.6 Å². The van der Waals surface area contributed by atoms with E-state index in [1.807, 2.05) is 30.3 Å². The molecule has 2 rings (SSSR count). The molecule has 0 radical (unpaired) electrons. The summed E-state index contributed by atoms with van der Waals surface area (Å²) in [4.78, 5) is 5.12. The lowest BCUT2D eigenvalue weighted by molar-refractivity contribution is 0.457. The van der Waals surface area contributed by atoms with Gasteiger partial charge in [0.15, 0.2) is 0 Å². The topological polar surface area (TPSA) is 33.1 Å². The fraction of sp³-hybridized carbons (Fsp3) is 0.357. The second-order valence-electron chi connectivity index (χ2n) is 4.08. The molecule has 1 N–H and O–H groups in total. The van der Waals surface area contributed by atoms with Crippen molar-refractivity contribution in [3.05, 3.63) is 35.3 Å². The van der Waals surface area contributed by atoms with Gasteiger partial charge in [-0.15, -0.1) is 11.3 Å². The van der Waals surface area contributed by atoms with Crippen LogP contribution in [0.3, 0.4) is 0 Å². The van der Waals surface area contributed by atoms with Crippen LogP contribution in [-0.2, 0) is 6.42 Å². The average molecular weight is 247 g/mol. The smallest absolute Gasteiger partial charge is 0.230 e. The Morgan fingerprint density at radius 3 is 2.65 bits per heavy atom. The van der Waals surface area contributed by atoms with Crippen molar-refractivity contribution in [1.29, 1.82) is 0 Å². The second kappa shape index (κ2) is 5.82. The van der Waals surface area contributed by atoms with E-state index in [1.165, 1.54) is 12.8 Å². The van der Waals surface area contributed by atoms with Gasteiger partial charge < -0.3 is 5.11 Å².